The van der Waals surface area contributed by atoms with Crippen molar-refractivity contribution in [1.82, 2.24) is 0 Å². The van der Waals surface area contributed by atoms with Crippen LogP contribution in [0.25, 0.3) is 0 Å². The molecule has 0 fully saturated rings. The lowest BCUT2D eigenvalue weighted by Gasteiger charge is -2.16. The van der Waals surface area contributed by atoms with Gasteiger partial charge in [0.25, 0.3) is 0 Å². The normalized spacial score (nSPS) is 13.9. The molecule has 0 aromatic heterocycles. The Labute approximate surface area is 102 Å². The summed E-state index contributed by atoms with van der Waals surface area (Å²) < 4.78 is 0.199. The van der Waals surface area contributed by atoms with Gasteiger partial charge < -0.3 is 0 Å². The molecule has 0 aliphatic carbocycles. The van der Waals surface area contributed by atoms with Gasteiger partial charge in [-0.3, -0.25) is 0 Å². The van der Waals surface area contributed by atoms with Crippen molar-refractivity contribution < 1.29 is 0 Å². The van der Waals surface area contributed by atoms with Gasteiger partial charge in [-0.25, -0.2) is 0 Å². The van der Waals surface area contributed by atoms with Crippen molar-refractivity contribution in [2.24, 2.45) is 0 Å². The second-order valence-corrected chi connectivity index (χ2v) is 7.09. The van der Waals surface area contributed by atoms with E-state index >= 15 is 0 Å². The summed E-state index contributed by atoms with van der Waals surface area (Å²) in [6.07, 6.45) is 2.29. The third-order valence-corrected chi connectivity index (χ3v) is 3.07. The topological polar surface area (TPSA) is 0 Å². The van der Waals surface area contributed by atoms with E-state index in [0.717, 1.165) is 6.42 Å². The minimum Gasteiger partial charge on any atom is -0.0856 e. The number of halogens is 1. The van der Waals surface area contributed by atoms with Crippen LogP contribution in [0.2, 0.25) is 0 Å². The van der Waals surface area contributed by atoms with Crippen molar-refractivity contribution in [1.29, 1.82) is 0 Å². The van der Waals surface area contributed by atoms with Crippen LogP contribution in [0.15, 0.2) is 24.3 Å². The maximum absolute atomic E-state index is 3.68. The second-order valence-electron chi connectivity index (χ2n) is 4.95. The fourth-order valence-electron chi connectivity index (χ4n) is 1.69. The summed E-state index contributed by atoms with van der Waals surface area (Å²) in [6.45, 7) is 8.93. The zero-order valence-corrected chi connectivity index (χ0v) is 11.8. The van der Waals surface area contributed by atoms with Crippen LogP contribution in [0.1, 0.15) is 51.2 Å². The number of alkyl halides is 1. The van der Waals surface area contributed by atoms with Crippen LogP contribution in [-0.4, -0.2) is 4.32 Å². The summed E-state index contributed by atoms with van der Waals surface area (Å²) in [5.74, 6) is 0.677. The van der Waals surface area contributed by atoms with E-state index in [1.807, 2.05) is 0 Å². The minimum atomic E-state index is 0.199. The van der Waals surface area contributed by atoms with E-state index in [0.29, 0.717) is 5.92 Å². The van der Waals surface area contributed by atoms with Crippen LogP contribution in [0, 0.1) is 0 Å². The molecule has 1 aromatic rings. The molecule has 15 heavy (non-hydrogen) atoms. The molecule has 84 valence electrons. The molecule has 1 aromatic carbocycles. The minimum absolute atomic E-state index is 0.199. The Hall–Kier alpha value is -0.300. The largest absolute Gasteiger partial charge is 0.0856 e. The number of rotatable bonds is 4. The van der Waals surface area contributed by atoms with Gasteiger partial charge in [0.2, 0.25) is 0 Å². The predicted octanol–water partition coefficient (Wildman–Crippen LogP) is 4.92. The summed E-state index contributed by atoms with van der Waals surface area (Å²) in [5, 5.41) is 0. The van der Waals surface area contributed by atoms with Gasteiger partial charge in [-0.1, -0.05) is 54.0 Å². The van der Waals surface area contributed by atoms with E-state index < -0.39 is 0 Å². The molecular weight excluding hydrogens is 248 g/mol. The lowest BCUT2D eigenvalue weighted by Crippen LogP contribution is -2.13. The molecular formula is C14H21Br. The highest BCUT2D eigenvalue weighted by molar-refractivity contribution is 9.10. The Morgan fingerprint density at radius 1 is 1.20 bits per heavy atom. The zero-order valence-electron chi connectivity index (χ0n) is 10.2. The molecule has 1 unspecified atom stereocenters. The van der Waals surface area contributed by atoms with Crippen LogP contribution in [0.5, 0.6) is 0 Å². The van der Waals surface area contributed by atoms with E-state index in [9.17, 15) is 0 Å². The highest BCUT2D eigenvalue weighted by atomic mass is 79.9. The van der Waals surface area contributed by atoms with Gasteiger partial charge in [-0.2, -0.15) is 0 Å². The quantitative estimate of drug-likeness (QED) is 0.681. The molecule has 0 saturated heterocycles. The van der Waals surface area contributed by atoms with E-state index in [1.165, 1.54) is 17.5 Å². The van der Waals surface area contributed by atoms with Gasteiger partial charge in [0.05, 0.1) is 0 Å². The fraction of sp³-hybridized carbons (Fsp3) is 0.571. The second kappa shape index (κ2) is 5.16. The molecule has 0 radical (unpaired) electrons. The summed E-state index contributed by atoms with van der Waals surface area (Å²) in [6, 6.07) is 9.04. The third kappa shape index (κ3) is 4.38. The van der Waals surface area contributed by atoms with Crippen molar-refractivity contribution in [3.05, 3.63) is 35.4 Å². The monoisotopic (exact) mass is 268 g/mol. The number of hydrogen-bond donors (Lipinski definition) is 0. The molecule has 0 aliphatic heterocycles. The maximum Gasteiger partial charge on any atom is 0.0242 e. The first kappa shape index (κ1) is 12.8. The van der Waals surface area contributed by atoms with Crippen LogP contribution in [0.3, 0.4) is 0 Å². The molecule has 0 nitrogen and oxygen atoms in total. The van der Waals surface area contributed by atoms with Gasteiger partial charge in [0, 0.05) is 4.32 Å². The maximum atomic E-state index is 3.68. The molecule has 1 atom stereocenters. The lowest BCUT2D eigenvalue weighted by atomic mass is 9.95. The van der Waals surface area contributed by atoms with Crippen molar-refractivity contribution in [2.45, 2.75) is 50.8 Å². The smallest absolute Gasteiger partial charge is 0.0242 e. The molecule has 0 aliphatic rings. The Kier molecular flexibility index (Phi) is 4.39. The summed E-state index contributed by atoms with van der Waals surface area (Å²) in [5.41, 5.74) is 2.86. The molecule has 0 bridgehead atoms. The van der Waals surface area contributed by atoms with Crippen LogP contribution in [0.4, 0.5) is 0 Å². The van der Waals surface area contributed by atoms with Gasteiger partial charge >= 0.3 is 0 Å². The van der Waals surface area contributed by atoms with E-state index in [-0.39, 0.29) is 4.32 Å². The average molecular weight is 269 g/mol. The standard InChI is InChI=1S/C14H21Br/c1-5-11(2)13-8-6-12(7-9-13)10-14(3,4)15/h6-9,11H,5,10H2,1-4H3. The highest BCUT2D eigenvalue weighted by Crippen LogP contribution is 2.24. The highest BCUT2D eigenvalue weighted by Gasteiger charge is 2.13. The summed E-state index contributed by atoms with van der Waals surface area (Å²) in [7, 11) is 0. The van der Waals surface area contributed by atoms with Crippen molar-refractivity contribution >= 4 is 15.9 Å². The van der Waals surface area contributed by atoms with Gasteiger partial charge in [0.15, 0.2) is 0 Å². The fourth-order valence-corrected chi connectivity index (χ4v) is 2.01. The third-order valence-electron chi connectivity index (χ3n) is 2.79. The van der Waals surface area contributed by atoms with Gasteiger partial charge in [-0.05, 0) is 43.7 Å². The van der Waals surface area contributed by atoms with Crippen LogP contribution >= 0.6 is 15.9 Å². The van der Waals surface area contributed by atoms with Crippen molar-refractivity contribution in [3.63, 3.8) is 0 Å². The van der Waals surface area contributed by atoms with E-state index in [2.05, 4.69) is 67.9 Å². The lowest BCUT2D eigenvalue weighted by molar-refractivity contribution is 0.717. The molecule has 0 heterocycles. The Balaban J connectivity index is 2.72. The molecule has 0 spiro atoms. The van der Waals surface area contributed by atoms with Crippen molar-refractivity contribution in [2.75, 3.05) is 0 Å². The SMILES string of the molecule is CCC(C)c1ccc(CC(C)(C)Br)cc1. The zero-order chi connectivity index (χ0) is 11.5. The summed E-state index contributed by atoms with van der Waals surface area (Å²) in [4.78, 5) is 0. The molecule has 0 N–H and O–H groups in total. The molecule has 1 rings (SSSR count). The Morgan fingerprint density at radius 3 is 2.13 bits per heavy atom. The van der Waals surface area contributed by atoms with Crippen LogP contribution < -0.4 is 0 Å². The van der Waals surface area contributed by atoms with E-state index in [4.69, 9.17) is 0 Å². The van der Waals surface area contributed by atoms with Crippen molar-refractivity contribution in [3.8, 4) is 0 Å². The van der Waals surface area contributed by atoms with Gasteiger partial charge in [-0.15, -0.1) is 0 Å². The Bertz CT molecular complexity index is 292. The number of hydrogen-bond acceptors (Lipinski definition) is 0. The first-order chi connectivity index (χ1) is 6.92. The van der Waals surface area contributed by atoms with E-state index in [1.54, 1.807) is 0 Å². The average Bonchev–Trinajstić information content (AvgIpc) is 2.15. The molecule has 0 saturated carbocycles. The predicted molar refractivity (Wildman–Crippen MR) is 71.9 cm³/mol. The molecule has 1 heteroatoms. The first-order valence-electron chi connectivity index (χ1n) is 5.70. The summed E-state index contributed by atoms with van der Waals surface area (Å²) >= 11 is 3.68. The Morgan fingerprint density at radius 2 is 1.73 bits per heavy atom. The van der Waals surface area contributed by atoms with Gasteiger partial charge in [0.1, 0.15) is 0 Å². The number of benzene rings is 1. The van der Waals surface area contributed by atoms with Crippen LogP contribution in [-0.2, 0) is 6.42 Å². The first-order valence-corrected chi connectivity index (χ1v) is 6.49. The molecule has 0 amide bonds.